The smallest absolute Gasteiger partial charge is 0.243 e. The van der Waals surface area contributed by atoms with Gasteiger partial charge in [0.2, 0.25) is 11.8 Å². The molecule has 1 unspecified atom stereocenters. The Balaban J connectivity index is 2.54. The molecule has 0 bridgehead atoms. The lowest BCUT2D eigenvalue weighted by Gasteiger charge is -2.14. The molecule has 4 nitrogen and oxygen atoms in total. The number of nitrogens with one attached hydrogen (secondary N) is 2. The lowest BCUT2D eigenvalue weighted by Crippen LogP contribution is -2.36. The molecule has 7 heteroatoms. The van der Waals surface area contributed by atoms with Crippen LogP contribution in [0.3, 0.4) is 0 Å². The summed E-state index contributed by atoms with van der Waals surface area (Å²) in [5.41, 5.74) is -0.471. The first-order chi connectivity index (χ1) is 10.9. The molecule has 0 aliphatic carbocycles. The van der Waals surface area contributed by atoms with Crippen LogP contribution in [0, 0.1) is 23.4 Å². The molecule has 0 radical (unpaired) electrons. The van der Waals surface area contributed by atoms with E-state index in [4.69, 9.17) is 0 Å². The van der Waals surface area contributed by atoms with E-state index >= 15 is 0 Å². The van der Waals surface area contributed by atoms with Crippen molar-refractivity contribution < 1.29 is 22.8 Å². The lowest BCUT2D eigenvalue weighted by atomic mass is 9.98. The van der Waals surface area contributed by atoms with Crippen molar-refractivity contribution in [1.29, 1.82) is 0 Å². The summed E-state index contributed by atoms with van der Waals surface area (Å²) in [6.07, 6.45) is 3.28. The molecule has 1 atom stereocenters. The third-order valence-corrected chi connectivity index (χ3v) is 3.50. The van der Waals surface area contributed by atoms with Crippen LogP contribution in [0.25, 0.3) is 0 Å². The van der Waals surface area contributed by atoms with Gasteiger partial charge in [0.25, 0.3) is 0 Å². The van der Waals surface area contributed by atoms with Crippen molar-refractivity contribution in [3.8, 4) is 0 Å². The third-order valence-electron chi connectivity index (χ3n) is 3.50. The Morgan fingerprint density at radius 1 is 1.13 bits per heavy atom. The minimum Gasteiger partial charge on any atom is -0.347 e. The topological polar surface area (TPSA) is 58.2 Å². The number of halogens is 3. The average molecular weight is 330 g/mol. The highest BCUT2D eigenvalue weighted by Gasteiger charge is 2.18. The lowest BCUT2D eigenvalue weighted by molar-refractivity contribution is -0.127. The van der Waals surface area contributed by atoms with E-state index in [2.05, 4.69) is 10.6 Å². The quantitative estimate of drug-likeness (QED) is 0.718. The molecule has 0 heterocycles. The monoisotopic (exact) mass is 330 g/mol. The SMILES string of the molecule is CCCCC(CC)C(=O)NCC(=O)Nc1ccc(F)c(F)c1F. The maximum atomic E-state index is 13.4. The Bertz CT molecular complexity index is 565. The number of hydrogen-bond acceptors (Lipinski definition) is 2. The van der Waals surface area contributed by atoms with Crippen molar-refractivity contribution in [2.24, 2.45) is 5.92 Å². The van der Waals surface area contributed by atoms with E-state index in [0.717, 1.165) is 25.3 Å². The van der Waals surface area contributed by atoms with E-state index in [0.29, 0.717) is 12.5 Å². The van der Waals surface area contributed by atoms with Crippen LogP contribution in [0.1, 0.15) is 39.5 Å². The predicted octanol–water partition coefficient (Wildman–Crippen LogP) is 3.38. The highest BCUT2D eigenvalue weighted by Crippen LogP contribution is 2.19. The zero-order valence-corrected chi connectivity index (χ0v) is 13.2. The zero-order chi connectivity index (χ0) is 17.4. The van der Waals surface area contributed by atoms with Crippen LogP contribution in [-0.4, -0.2) is 18.4 Å². The zero-order valence-electron chi connectivity index (χ0n) is 13.2. The molecule has 0 saturated heterocycles. The van der Waals surface area contributed by atoms with Crippen molar-refractivity contribution in [3.05, 3.63) is 29.6 Å². The van der Waals surface area contributed by atoms with Crippen LogP contribution in [-0.2, 0) is 9.59 Å². The van der Waals surface area contributed by atoms with Gasteiger partial charge >= 0.3 is 0 Å². The molecule has 2 N–H and O–H groups in total. The maximum Gasteiger partial charge on any atom is 0.243 e. The molecule has 0 aliphatic heterocycles. The minimum atomic E-state index is -1.66. The van der Waals surface area contributed by atoms with Gasteiger partial charge in [0.05, 0.1) is 12.2 Å². The van der Waals surface area contributed by atoms with Crippen molar-refractivity contribution in [2.75, 3.05) is 11.9 Å². The van der Waals surface area contributed by atoms with Crippen molar-refractivity contribution >= 4 is 17.5 Å². The average Bonchev–Trinajstić information content (AvgIpc) is 2.54. The van der Waals surface area contributed by atoms with Crippen LogP contribution < -0.4 is 10.6 Å². The molecular weight excluding hydrogens is 309 g/mol. The molecule has 1 aromatic carbocycles. The van der Waals surface area contributed by atoms with Gasteiger partial charge in [-0.1, -0.05) is 26.7 Å². The van der Waals surface area contributed by atoms with Crippen molar-refractivity contribution in [2.45, 2.75) is 39.5 Å². The summed E-state index contributed by atoms with van der Waals surface area (Å²) in [6.45, 7) is 3.55. The molecule has 0 spiro atoms. The number of carbonyl (C=O) groups is 2. The summed E-state index contributed by atoms with van der Waals surface area (Å²) >= 11 is 0. The van der Waals surface area contributed by atoms with Crippen LogP contribution in [0.4, 0.5) is 18.9 Å². The number of hydrogen-bond donors (Lipinski definition) is 2. The van der Waals surface area contributed by atoms with Gasteiger partial charge in [-0.05, 0) is 25.0 Å². The number of rotatable bonds is 8. The second-order valence-corrected chi connectivity index (χ2v) is 5.24. The molecule has 0 fully saturated rings. The summed E-state index contributed by atoms with van der Waals surface area (Å²) in [6, 6.07) is 1.63. The molecule has 1 rings (SSSR count). The molecule has 23 heavy (non-hydrogen) atoms. The van der Waals surface area contributed by atoms with Crippen LogP contribution in [0.2, 0.25) is 0 Å². The van der Waals surface area contributed by atoms with Gasteiger partial charge < -0.3 is 10.6 Å². The van der Waals surface area contributed by atoms with Crippen molar-refractivity contribution in [3.63, 3.8) is 0 Å². The summed E-state index contributed by atoms with van der Waals surface area (Å²) in [5, 5.41) is 4.57. The van der Waals surface area contributed by atoms with Gasteiger partial charge in [-0.25, -0.2) is 13.2 Å². The number of amides is 2. The van der Waals surface area contributed by atoms with Crippen LogP contribution >= 0.6 is 0 Å². The minimum absolute atomic E-state index is 0.178. The first-order valence-corrected chi connectivity index (χ1v) is 7.61. The van der Waals surface area contributed by atoms with Gasteiger partial charge in [-0.15, -0.1) is 0 Å². The Morgan fingerprint density at radius 2 is 1.83 bits per heavy atom. The second kappa shape index (κ2) is 9.17. The van der Waals surface area contributed by atoms with E-state index < -0.39 is 29.0 Å². The van der Waals surface area contributed by atoms with E-state index in [9.17, 15) is 22.8 Å². The van der Waals surface area contributed by atoms with E-state index in [1.165, 1.54) is 0 Å². The van der Waals surface area contributed by atoms with E-state index in [1.54, 1.807) is 0 Å². The Morgan fingerprint density at radius 3 is 2.43 bits per heavy atom. The van der Waals surface area contributed by atoms with Gasteiger partial charge in [0.1, 0.15) is 0 Å². The van der Waals surface area contributed by atoms with Crippen LogP contribution in [0.15, 0.2) is 12.1 Å². The molecular formula is C16H21F3N2O2. The Hall–Kier alpha value is -2.05. The van der Waals surface area contributed by atoms with Gasteiger partial charge in [0.15, 0.2) is 17.5 Å². The predicted molar refractivity (Wildman–Crippen MR) is 81.3 cm³/mol. The van der Waals surface area contributed by atoms with E-state index in [-0.39, 0.29) is 18.4 Å². The molecule has 2 amide bonds. The third kappa shape index (κ3) is 5.58. The van der Waals surface area contributed by atoms with Gasteiger partial charge in [0, 0.05) is 5.92 Å². The number of benzene rings is 1. The fraction of sp³-hybridized carbons (Fsp3) is 0.500. The second-order valence-electron chi connectivity index (χ2n) is 5.24. The fourth-order valence-electron chi connectivity index (χ4n) is 2.10. The first kappa shape index (κ1) is 19.0. The molecule has 128 valence electrons. The normalized spacial score (nSPS) is 11.9. The van der Waals surface area contributed by atoms with Gasteiger partial charge in [-0.2, -0.15) is 0 Å². The summed E-state index contributed by atoms with van der Waals surface area (Å²) in [7, 11) is 0. The maximum absolute atomic E-state index is 13.4. The number of anilines is 1. The molecule has 0 aromatic heterocycles. The Kier molecular flexibility index (Phi) is 7.57. The van der Waals surface area contributed by atoms with Crippen molar-refractivity contribution in [1.82, 2.24) is 5.32 Å². The van der Waals surface area contributed by atoms with Gasteiger partial charge in [-0.3, -0.25) is 9.59 Å². The summed E-state index contributed by atoms with van der Waals surface area (Å²) < 4.78 is 39.3. The highest BCUT2D eigenvalue weighted by atomic mass is 19.2. The largest absolute Gasteiger partial charge is 0.347 e. The first-order valence-electron chi connectivity index (χ1n) is 7.61. The molecule has 0 aliphatic rings. The summed E-state index contributed by atoms with van der Waals surface area (Å²) in [5.74, 6) is -5.61. The van der Waals surface area contributed by atoms with E-state index in [1.807, 2.05) is 13.8 Å². The molecule has 0 saturated carbocycles. The Labute approximate surface area is 133 Å². The highest BCUT2D eigenvalue weighted by molar-refractivity contribution is 5.94. The molecule has 1 aromatic rings. The summed E-state index contributed by atoms with van der Waals surface area (Å²) in [4.78, 5) is 23.6. The van der Waals surface area contributed by atoms with Crippen LogP contribution in [0.5, 0.6) is 0 Å². The number of unbranched alkanes of at least 4 members (excludes halogenated alkanes) is 1. The number of carbonyl (C=O) groups excluding carboxylic acids is 2. The standard InChI is InChI=1S/C16H21F3N2O2/c1-3-5-6-10(4-2)16(23)20-9-13(22)21-12-8-7-11(17)14(18)15(12)19/h7-8,10H,3-6,9H2,1-2H3,(H,20,23)(H,21,22). The fourth-order valence-corrected chi connectivity index (χ4v) is 2.10.